The van der Waals surface area contributed by atoms with E-state index in [0.717, 1.165) is 39.9 Å². The Labute approximate surface area is 379 Å². The number of carboxylic acid groups (broad SMARTS) is 2. The first-order chi connectivity index (χ1) is 29.7. The lowest BCUT2D eigenvalue weighted by Crippen LogP contribution is -2.66. The predicted octanol–water partition coefficient (Wildman–Crippen LogP) is 10.7. The molecule has 6 atom stereocenters. The lowest BCUT2D eigenvalue weighted by atomic mass is 9.77. The van der Waals surface area contributed by atoms with E-state index in [2.05, 4.69) is 15.9 Å². The summed E-state index contributed by atoms with van der Waals surface area (Å²) in [4.78, 5) is 76.1. The summed E-state index contributed by atoms with van der Waals surface area (Å²) in [5.41, 5.74) is 0.811. The maximum absolute atomic E-state index is 13.9. The molecule has 0 bridgehead atoms. The number of benzene rings is 1. The van der Waals surface area contributed by atoms with Crippen molar-refractivity contribution in [1.82, 2.24) is 9.80 Å². The van der Waals surface area contributed by atoms with Gasteiger partial charge in [0.05, 0.1) is 27.5 Å². The highest BCUT2D eigenvalue weighted by atomic mass is 79.9. The van der Waals surface area contributed by atoms with Crippen molar-refractivity contribution in [2.24, 2.45) is 35.5 Å². The van der Waals surface area contributed by atoms with E-state index < -0.39 is 108 Å². The smallest absolute Gasteiger partial charge is 0.392 e. The number of likely N-dealkylation sites (tertiary alicyclic amines) is 2. The topological polar surface area (TPSA) is 149 Å². The SMILES string of the molecule is O=C(O)[C@@H]1[C@@H](CCc2ccc(Br)s2)C(=O)N1C(=O)C[C@@H](C1CCCCC1)C(F)(F)F.O=C(O)[C@@H]1[C@@H](CCc2cccc(Cl)c2)C(=O)N1C(=O)C[C@@H](C1CCCCCCC1)C(F)(F)F. The quantitative estimate of drug-likeness (QED) is 0.140. The molecule has 4 amide bonds. The Morgan fingerprint density at radius 2 is 1.11 bits per heavy atom. The van der Waals surface area contributed by atoms with Gasteiger partial charge in [-0.1, -0.05) is 75.1 Å². The largest absolute Gasteiger partial charge is 0.480 e. The van der Waals surface area contributed by atoms with Crippen molar-refractivity contribution in [2.45, 2.75) is 140 Å². The van der Waals surface area contributed by atoms with Crippen LogP contribution in [0.3, 0.4) is 0 Å². The highest BCUT2D eigenvalue weighted by Crippen LogP contribution is 2.44. The fraction of sp³-hybridized carbons (Fsp3) is 0.636. The minimum atomic E-state index is -4.59. The highest BCUT2D eigenvalue weighted by molar-refractivity contribution is 9.11. The Kier molecular flexibility index (Phi) is 17.7. The summed E-state index contributed by atoms with van der Waals surface area (Å²) in [7, 11) is 0. The Balaban J connectivity index is 0.000000239. The molecule has 1 aromatic heterocycles. The van der Waals surface area contributed by atoms with Crippen molar-refractivity contribution in [2.75, 3.05) is 0 Å². The molecule has 348 valence electrons. The number of halogens is 8. The van der Waals surface area contributed by atoms with Gasteiger partial charge < -0.3 is 10.2 Å². The van der Waals surface area contributed by atoms with Crippen LogP contribution in [-0.2, 0) is 41.6 Å². The summed E-state index contributed by atoms with van der Waals surface area (Å²) in [5.74, 6) is -13.1. The van der Waals surface area contributed by atoms with Gasteiger partial charge in [-0.15, -0.1) is 11.3 Å². The normalized spacial score (nSPS) is 23.6. The van der Waals surface area contributed by atoms with Gasteiger partial charge in [-0.2, -0.15) is 26.3 Å². The van der Waals surface area contributed by atoms with E-state index in [-0.39, 0.29) is 12.8 Å². The second-order valence-corrected chi connectivity index (χ2v) is 20.1. The van der Waals surface area contributed by atoms with Crippen LogP contribution in [0.1, 0.15) is 113 Å². The molecule has 0 unspecified atom stereocenters. The molecule has 2 saturated heterocycles. The van der Waals surface area contributed by atoms with Gasteiger partial charge >= 0.3 is 24.3 Å². The van der Waals surface area contributed by atoms with Crippen LogP contribution < -0.4 is 0 Å². The molecular formula is C44H52BrClF6N2O8S. The third-order valence-corrected chi connectivity index (χ3v) is 14.9. The van der Waals surface area contributed by atoms with Gasteiger partial charge in [-0.05, 0) is 109 Å². The van der Waals surface area contributed by atoms with Gasteiger partial charge in [0, 0.05) is 22.7 Å². The molecule has 2 aromatic rings. The third-order valence-electron chi connectivity index (χ3n) is 13.0. The van der Waals surface area contributed by atoms with Crippen molar-refractivity contribution < 1.29 is 65.3 Å². The monoisotopic (exact) mass is 996 g/mol. The van der Waals surface area contributed by atoms with Crippen molar-refractivity contribution in [3.8, 4) is 0 Å². The number of carbonyl (C=O) groups excluding carboxylic acids is 4. The number of carbonyl (C=O) groups is 6. The van der Waals surface area contributed by atoms with Crippen molar-refractivity contribution in [1.29, 1.82) is 0 Å². The summed E-state index contributed by atoms with van der Waals surface area (Å²) in [6.07, 6.45) is -1.74. The van der Waals surface area contributed by atoms with Gasteiger partial charge in [0.1, 0.15) is 12.1 Å². The van der Waals surface area contributed by atoms with Gasteiger partial charge in [0.15, 0.2) is 0 Å². The number of nitrogens with zero attached hydrogens (tertiary/aromatic N) is 2. The van der Waals surface area contributed by atoms with Gasteiger partial charge in [-0.25, -0.2) is 9.59 Å². The molecule has 4 fully saturated rings. The Morgan fingerprint density at radius 3 is 1.51 bits per heavy atom. The standard InChI is InChI=1S/C24H29ClF3NO4.C20H23BrF3NO4S/c25-17-10-6-7-15(13-17)11-12-18-21(23(32)33)29(22(18)31)20(30)14-19(24(26,27)28)16-8-4-2-1-3-5-9-16;21-15-9-7-12(30-15)6-8-13-17(19(28)29)25(18(13)27)16(26)10-14(20(22,23)24)11-4-2-1-3-5-11/h6-7,10,13,16,18-19,21H,1-5,8-9,11-12,14H2,(H,32,33);7,9,11,13-14,17H,1-6,8,10H2,(H,28,29)/t18-,19+,21+;13-,14+,17+/m11/s1. The Bertz CT molecular complexity index is 1950. The fourth-order valence-corrected chi connectivity index (χ4v) is 11.4. The lowest BCUT2D eigenvalue weighted by molar-refractivity contribution is -0.200. The van der Waals surface area contributed by atoms with E-state index in [0.29, 0.717) is 79.0 Å². The van der Waals surface area contributed by atoms with Crippen molar-refractivity contribution >= 4 is 74.4 Å². The maximum atomic E-state index is 13.9. The van der Waals surface area contributed by atoms with Crippen LogP contribution in [0, 0.1) is 35.5 Å². The summed E-state index contributed by atoms with van der Waals surface area (Å²) in [5, 5.41) is 19.6. The van der Waals surface area contributed by atoms with E-state index in [1.807, 2.05) is 12.1 Å². The zero-order valence-electron chi connectivity index (χ0n) is 34.5. The van der Waals surface area contributed by atoms with E-state index in [1.54, 1.807) is 24.3 Å². The maximum Gasteiger partial charge on any atom is 0.392 e. The Morgan fingerprint density at radius 1 is 0.683 bits per heavy atom. The second kappa shape index (κ2) is 22.1. The summed E-state index contributed by atoms with van der Waals surface area (Å²) in [6, 6.07) is 7.78. The fourth-order valence-electron chi connectivity index (χ4n) is 9.68. The number of β-lactam (4-membered cyclic amide) rings is 2. The second-order valence-electron chi connectivity index (χ2n) is 17.1. The van der Waals surface area contributed by atoms with Crippen LogP contribution in [0.4, 0.5) is 26.3 Å². The molecule has 63 heavy (non-hydrogen) atoms. The number of thiophene rings is 1. The number of amides is 4. The number of alkyl halides is 6. The Hall–Kier alpha value is -3.51. The summed E-state index contributed by atoms with van der Waals surface area (Å²) >= 11 is 10.7. The van der Waals surface area contributed by atoms with Crippen LogP contribution in [0.15, 0.2) is 40.2 Å². The summed E-state index contributed by atoms with van der Waals surface area (Å²) in [6.45, 7) is 0. The predicted molar refractivity (Wildman–Crippen MR) is 224 cm³/mol. The number of aryl methyl sites for hydroxylation is 2. The number of hydrogen-bond donors (Lipinski definition) is 2. The molecule has 0 spiro atoms. The van der Waals surface area contributed by atoms with E-state index in [4.69, 9.17) is 11.6 Å². The first kappa shape index (κ1) is 50.5. The van der Waals surface area contributed by atoms with Gasteiger partial charge in [0.2, 0.25) is 23.6 Å². The molecule has 2 N–H and O–H groups in total. The average molecular weight is 998 g/mol. The van der Waals surface area contributed by atoms with Gasteiger partial charge in [-0.3, -0.25) is 29.0 Å². The molecule has 2 saturated carbocycles. The van der Waals surface area contributed by atoms with E-state index >= 15 is 0 Å². The molecule has 2 aliphatic heterocycles. The molecule has 4 aliphatic rings. The minimum absolute atomic E-state index is 0.172. The third kappa shape index (κ3) is 13.1. The van der Waals surface area contributed by atoms with Gasteiger partial charge in [0.25, 0.3) is 0 Å². The van der Waals surface area contributed by atoms with E-state index in [1.165, 1.54) is 11.3 Å². The van der Waals surface area contributed by atoms with Crippen LogP contribution in [0.25, 0.3) is 0 Å². The molecule has 0 radical (unpaired) electrons. The van der Waals surface area contributed by atoms with Crippen LogP contribution in [0.5, 0.6) is 0 Å². The zero-order valence-corrected chi connectivity index (χ0v) is 37.6. The zero-order chi connectivity index (χ0) is 46.2. The first-order valence-electron chi connectivity index (χ1n) is 21.5. The molecule has 1 aromatic carbocycles. The molecule has 6 rings (SSSR count). The number of imide groups is 2. The number of rotatable bonds is 14. The minimum Gasteiger partial charge on any atom is -0.480 e. The number of carboxylic acids is 2. The lowest BCUT2D eigenvalue weighted by Gasteiger charge is -2.44. The molecule has 2 aliphatic carbocycles. The molecular weight excluding hydrogens is 946 g/mol. The highest BCUT2D eigenvalue weighted by Gasteiger charge is 2.57. The van der Waals surface area contributed by atoms with Crippen LogP contribution in [-0.4, -0.2) is 80.0 Å². The first-order valence-corrected chi connectivity index (χ1v) is 23.5. The molecule has 3 heterocycles. The molecule has 10 nitrogen and oxygen atoms in total. The number of aliphatic carboxylic acids is 2. The van der Waals surface area contributed by atoms with E-state index in [9.17, 15) is 65.3 Å². The molecule has 19 heteroatoms. The van der Waals surface area contributed by atoms with Crippen molar-refractivity contribution in [3.05, 3.63) is 55.6 Å². The average Bonchev–Trinajstić information content (AvgIpc) is 3.61. The number of hydrogen-bond acceptors (Lipinski definition) is 7. The van der Waals surface area contributed by atoms with Crippen LogP contribution in [0.2, 0.25) is 5.02 Å². The summed E-state index contributed by atoms with van der Waals surface area (Å²) < 4.78 is 83.4. The van der Waals surface area contributed by atoms with Crippen molar-refractivity contribution in [3.63, 3.8) is 0 Å². The van der Waals surface area contributed by atoms with Crippen LogP contribution >= 0.6 is 38.9 Å².